The monoisotopic (exact) mass is 148 g/mol. The van der Waals surface area contributed by atoms with Crippen LogP contribution in [0.5, 0.6) is 0 Å². The second-order valence-electron chi connectivity index (χ2n) is 1.97. The van der Waals surface area contributed by atoms with Crippen molar-refractivity contribution in [3.05, 3.63) is 35.4 Å². The van der Waals surface area contributed by atoms with E-state index in [1.165, 1.54) is 24.3 Å². The largest absolute Gasteiger partial charge is 0.386 e. The molecule has 0 unspecified atom stereocenters. The van der Waals surface area contributed by atoms with Gasteiger partial charge in [0.15, 0.2) is 0 Å². The van der Waals surface area contributed by atoms with E-state index < -0.39 is 5.97 Å². The van der Waals surface area contributed by atoms with Gasteiger partial charge in [0.2, 0.25) is 6.29 Å². The summed E-state index contributed by atoms with van der Waals surface area (Å²) in [6.07, 6.45) is 1.58. The van der Waals surface area contributed by atoms with Crippen molar-refractivity contribution in [1.82, 2.24) is 0 Å². The molecule has 54 valence electrons. The van der Waals surface area contributed by atoms with Crippen LogP contribution >= 0.6 is 0 Å². The molecule has 0 saturated heterocycles. The number of rotatable bonds is 2. The molecule has 0 aromatic heterocycles. The maximum Gasteiger partial charge on any atom is 0.386 e. The van der Waals surface area contributed by atoms with E-state index in [2.05, 4.69) is 0 Å². The minimum atomic E-state index is -1.29. The molecular weight excluding hydrogens is 144 g/mol. The average molecular weight is 148 g/mol. The number of hydrogen-bond donors (Lipinski definition) is 0. The second kappa shape index (κ2) is 2.96. The topological polar surface area (TPSA) is 54.0 Å². The summed E-state index contributed by atoms with van der Waals surface area (Å²) in [5, 5.41) is 10.2. The van der Waals surface area contributed by atoms with Crippen LogP contribution in [-0.2, 0) is 9.90 Å². The summed E-state index contributed by atoms with van der Waals surface area (Å²) in [7, 11) is 0. The molecule has 0 aliphatic rings. The highest BCUT2D eigenvalue weighted by Gasteiger charge is 2.04. The van der Waals surface area contributed by atoms with Crippen molar-refractivity contribution in [2.24, 2.45) is 0 Å². The van der Waals surface area contributed by atoms with E-state index in [1.54, 1.807) is 6.29 Å². The van der Waals surface area contributed by atoms with Gasteiger partial charge in [-0.25, -0.2) is 9.90 Å². The van der Waals surface area contributed by atoms with Crippen LogP contribution in [0.15, 0.2) is 24.3 Å². The van der Waals surface area contributed by atoms with E-state index in [1.807, 2.05) is 0 Å². The molecule has 0 aliphatic heterocycles. The van der Waals surface area contributed by atoms with E-state index in [-0.39, 0.29) is 11.1 Å². The quantitative estimate of drug-likeness (QED) is 0.620. The van der Waals surface area contributed by atoms with Gasteiger partial charge in [-0.3, -0.25) is 4.79 Å². The second-order valence-corrected chi connectivity index (χ2v) is 1.97. The zero-order valence-corrected chi connectivity index (χ0v) is 5.53. The summed E-state index contributed by atoms with van der Waals surface area (Å²) >= 11 is 0. The van der Waals surface area contributed by atoms with Gasteiger partial charge >= 0.3 is 5.97 Å². The van der Waals surface area contributed by atoms with E-state index in [0.29, 0.717) is 0 Å². The van der Waals surface area contributed by atoms with Gasteiger partial charge < -0.3 is 0 Å². The van der Waals surface area contributed by atoms with Gasteiger partial charge in [-0.2, -0.15) is 0 Å². The molecule has 0 saturated carbocycles. The van der Waals surface area contributed by atoms with Gasteiger partial charge in [0.05, 0.1) is 5.56 Å². The lowest BCUT2D eigenvalue weighted by molar-refractivity contribution is 0.0573. The number of carbonyl (C=O) groups is 1. The third kappa shape index (κ3) is 1.64. The normalized spacial score (nSPS) is 9.09. The summed E-state index contributed by atoms with van der Waals surface area (Å²) in [5.41, 5.74) is 0.206. The van der Waals surface area contributed by atoms with Gasteiger partial charge in [0, 0.05) is 5.56 Å². The predicted molar refractivity (Wildman–Crippen MR) is 36.3 cm³/mol. The fourth-order valence-electron chi connectivity index (χ4n) is 0.710. The molecule has 1 rings (SSSR count). The van der Waals surface area contributed by atoms with E-state index in [4.69, 9.17) is 0 Å². The molecule has 1 aromatic rings. The molecule has 0 heterocycles. The highest BCUT2D eigenvalue weighted by atomic mass is 16.4. The summed E-state index contributed by atoms with van der Waals surface area (Å²) in [5.74, 6) is -1.29. The highest BCUT2D eigenvalue weighted by molar-refractivity contribution is 5.89. The number of benzene rings is 1. The molecular formula is C8H4O3. The van der Waals surface area contributed by atoms with Crippen molar-refractivity contribution in [3.8, 4) is 0 Å². The first-order valence-corrected chi connectivity index (χ1v) is 2.93. The van der Waals surface area contributed by atoms with Crippen molar-refractivity contribution in [2.75, 3.05) is 0 Å². The number of hydrogen-bond acceptors (Lipinski definition) is 2. The minimum Gasteiger partial charge on any atom is -0.285 e. The van der Waals surface area contributed by atoms with Crippen LogP contribution < -0.4 is 0 Å². The lowest BCUT2D eigenvalue weighted by Crippen LogP contribution is -1.94. The smallest absolute Gasteiger partial charge is 0.285 e. The van der Waals surface area contributed by atoms with E-state index in [9.17, 15) is 14.7 Å². The Hall–Kier alpha value is -1.64. The molecule has 1 aromatic carbocycles. The average Bonchev–Trinajstić information content (AvgIpc) is 2.05. The predicted octanol–water partition coefficient (Wildman–Crippen LogP) is 0.715. The molecule has 0 N–H and O–H groups in total. The van der Waals surface area contributed by atoms with Crippen LogP contribution in [0.3, 0.4) is 0 Å². The highest BCUT2D eigenvalue weighted by Crippen LogP contribution is 2.02. The Morgan fingerprint density at radius 3 is 2.64 bits per heavy atom. The van der Waals surface area contributed by atoms with Gasteiger partial charge in [-0.1, -0.05) is 12.1 Å². The Labute approximate surface area is 63.3 Å². The van der Waals surface area contributed by atoms with Crippen LogP contribution in [-0.4, -0.2) is 12.3 Å². The summed E-state index contributed by atoms with van der Waals surface area (Å²) in [6, 6.07) is 5.50. The maximum absolute atomic E-state index is 10.2. The Balaban J connectivity index is 3.10. The van der Waals surface area contributed by atoms with E-state index in [0.717, 1.165) is 0 Å². The fraction of sp³-hybridized carbons (Fsp3) is 0. The zero-order chi connectivity index (χ0) is 8.27. The molecule has 3 nitrogen and oxygen atoms in total. The molecule has 0 fully saturated rings. The first-order valence-electron chi connectivity index (χ1n) is 2.93. The lowest BCUT2D eigenvalue weighted by Gasteiger charge is -1.90. The maximum atomic E-state index is 10.2. The van der Waals surface area contributed by atoms with Crippen LogP contribution in [0.25, 0.3) is 0 Å². The molecule has 0 aliphatic carbocycles. The van der Waals surface area contributed by atoms with Crippen molar-refractivity contribution in [2.45, 2.75) is 0 Å². The van der Waals surface area contributed by atoms with Crippen LogP contribution in [0, 0.1) is 0 Å². The third-order valence-electron chi connectivity index (χ3n) is 1.22. The fourth-order valence-corrected chi connectivity index (χ4v) is 0.710. The number of carbonyl (C=O) groups excluding carboxylic acids is 2. The van der Waals surface area contributed by atoms with Crippen molar-refractivity contribution in [3.63, 3.8) is 0 Å². The first-order chi connectivity index (χ1) is 5.24. The SMILES string of the molecule is [O]C(=O)c1cccc([C]=O)c1. The molecule has 0 bridgehead atoms. The van der Waals surface area contributed by atoms with Gasteiger partial charge in [0.25, 0.3) is 0 Å². The lowest BCUT2D eigenvalue weighted by atomic mass is 10.1. The molecule has 3 heteroatoms. The van der Waals surface area contributed by atoms with Crippen LogP contribution in [0.4, 0.5) is 0 Å². The van der Waals surface area contributed by atoms with Crippen molar-refractivity contribution < 1.29 is 14.7 Å². The summed E-state index contributed by atoms with van der Waals surface area (Å²) in [4.78, 5) is 20.3. The Bertz CT molecular complexity index is 291. The molecule has 2 radical (unpaired) electrons. The van der Waals surface area contributed by atoms with Crippen LogP contribution in [0.2, 0.25) is 0 Å². The summed E-state index contributed by atoms with van der Waals surface area (Å²) in [6.45, 7) is 0. The Morgan fingerprint density at radius 2 is 2.09 bits per heavy atom. The van der Waals surface area contributed by atoms with Gasteiger partial charge in [-0.15, -0.1) is 0 Å². The standard InChI is InChI=1S/C8H4O3/c9-5-6-2-1-3-7(4-6)8(10)11/h1-4H. The Kier molecular flexibility index (Phi) is 2.01. The van der Waals surface area contributed by atoms with Gasteiger partial charge in [0.1, 0.15) is 0 Å². The minimum absolute atomic E-state index is 0.00847. The summed E-state index contributed by atoms with van der Waals surface area (Å²) < 4.78 is 0. The van der Waals surface area contributed by atoms with Crippen molar-refractivity contribution >= 4 is 12.3 Å². The Morgan fingerprint density at radius 1 is 1.36 bits per heavy atom. The molecule has 11 heavy (non-hydrogen) atoms. The van der Waals surface area contributed by atoms with Crippen molar-refractivity contribution in [1.29, 1.82) is 0 Å². The molecule has 0 spiro atoms. The molecule has 0 amide bonds. The third-order valence-corrected chi connectivity index (χ3v) is 1.22. The zero-order valence-electron chi connectivity index (χ0n) is 5.53. The van der Waals surface area contributed by atoms with Gasteiger partial charge in [-0.05, 0) is 12.1 Å². The van der Waals surface area contributed by atoms with E-state index >= 15 is 0 Å². The first kappa shape index (κ1) is 7.47. The van der Waals surface area contributed by atoms with Crippen LogP contribution in [0.1, 0.15) is 15.9 Å². The molecule has 0 atom stereocenters.